The lowest BCUT2D eigenvalue weighted by atomic mass is 9.79. The number of hydrogen-bond acceptors (Lipinski definition) is 5. The molecule has 0 unspecified atom stereocenters. The van der Waals surface area contributed by atoms with Crippen LogP contribution in [0.2, 0.25) is 5.02 Å². The third-order valence-electron chi connectivity index (χ3n) is 3.67. The molecule has 0 spiro atoms. The fraction of sp³-hybridized carbons (Fsp3) is 0.571. The maximum Gasteiger partial charge on any atom is 0.232 e. The van der Waals surface area contributed by atoms with Crippen molar-refractivity contribution < 1.29 is 14.3 Å². The molecule has 1 aliphatic rings. The second kappa shape index (κ2) is 10.9. The zero-order chi connectivity index (χ0) is 15.1. The summed E-state index contributed by atoms with van der Waals surface area (Å²) in [5.41, 5.74) is 5.27. The third kappa shape index (κ3) is 5.97. The minimum atomic E-state index is -0.513. The number of nitrogens with one attached hydrogen (secondary N) is 1. The normalized spacial score (nSPS) is 15.7. The van der Waals surface area contributed by atoms with Gasteiger partial charge in [0.15, 0.2) is 0 Å². The number of nitrogens with zero attached hydrogens (tertiary/aromatic N) is 1. The molecule has 2 heterocycles. The van der Waals surface area contributed by atoms with E-state index in [0.717, 1.165) is 0 Å². The molecule has 1 aromatic heterocycles. The molecule has 0 radical (unpaired) electrons. The molecule has 0 atom stereocenters. The van der Waals surface area contributed by atoms with E-state index in [1.54, 1.807) is 18.3 Å². The molecule has 132 valence electrons. The highest BCUT2D eigenvalue weighted by atomic mass is 35.5. The van der Waals surface area contributed by atoms with E-state index in [2.05, 4.69) is 10.3 Å². The van der Waals surface area contributed by atoms with Gasteiger partial charge in [0.05, 0.1) is 12.0 Å². The van der Waals surface area contributed by atoms with Gasteiger partial charge in [0.25, 0.3) is 0 Å². The first kappa shape index (κ1) is 22.2. The Bertz CT molecular complexity index is 485. The largest absolute Gasteiger partial charge is 0.475 e. The van der Waals surface area contributed by atoms with E-state index < -0.39 is 5.41 Å². The van der Waals surface area contributed by atoms with Gasteiger partial charge in [-0.05, 0) is 25.0 Å². The lowest BCUT2D eigenvalue weighted by Crippen LogP contribution is -2.49. The van der Waals surface area contributed by atoms with Gasteiger partial charge in [-0.25, -0.2) is 4.98 Å². The summed E-state index contributed by atoms with van der Waals surface area (Å²) >= 11 is 5.93. The number of aromatic nitrogens is 1. The Kier molecular flexibility index (Phi) is 10.5. The highest BCUT2D eigenvalue weighted by Crippen LogP contribution is 2.29. The van der Waals surface area contributed by atoms with Crippen molar-refractivity contribution in [3.8, 4) is 5.88 Å². The molecule has 3 N–H and O–H groups in total. The summed E-state index contributed by atoms with van der Waals surface area (Å²) in [4.78, 5) is 16.3. The minimum Gasteiger partial charge on any atom is -0.475 e. The van der Waals surface area contributed by atoms with Crippen LogP contribution in [0.5, 0.6) is 5.88 Å². The van der Waals surface area contributed by atoms with Gasteiger partial charge >= 0.3 is 0 Å². The topological polar surface area (TPSA) is 86.5 Å². The number of halogens is 3. The Morgan fingerprint density at radius 3 is 2.74 bits per heavy atom. The summed E-state index contributed by atoms with van der Waals surface area (Å²) in [6.45, 7) is 2.17. The van der Waals surface area contributed by atoms with Crippen molar-refractivity contribution in [2.45, 2.75) is 12.8 Å². The molecule has 1 fully saturated rings. The van der Waals surface area contributed by atoms with Crippen LogP contribution >= 0.6 is 36.4 Å². The predicted octanol–water partition coefficient (Wildman–Crippen LogP) is 1.83. The maximum absolute atomic E-state index is 12.3. The van der Waals surface area contributed by atoms with Crippen LogP contribution in [0.1, 0.15) is 12.8 Å². The molecular weight excluding hydrogens is 365 g/mol. The van der Waals surface area contributed by atoms with Crippen LogP contribution in [0.3, 0.4) is 0 Å². The Labute approximate surface area is 153 Å². The van der Waals surface area contributed by atoms with Crippen molar-refractivity contribution in [2.24, 2.45) is 11.1 Å². The van der Waals surface area contributed by atoms with Crippen molar-refractivity contribution >= 4 is 42.3 Å². The molecule has 1 amide bonds. The number of nitrogens with two attached hydrogens (primary N) is 1. The first-order valence-electron chi connectivity index (χ1n) is 6.97. The van der Waals surface area contributed by atoms with Gasteiger partial charge in [0, 0.05) is 26.0 Å². The van der Waals surface area contributed by atoms with E-state index in [4.69, 9.17) is 26.8 Å². The molecule has 1 aliphatic heterocycles. The molecule has 2 rings (SSSR count). The second-order valence-corrected chi connectivity index (χ2v) is 5.40. The van der Waals surface area contributed by atoms with Gasteiger partial charge in [-0.2, -0.15) is 0 Å². The van der Waals surface area contributed by atoms with E-state index >= 15 is 0 Å². The minimum absolute atomic E-state index is 0. The van der Waals surface area contributed by atoms with Crippen LogP contribution in [-0.4, -0.2) is 43.8 Å². The van der Waals surface area contributed by atoms with Crippen LogP contribution in [0.25, 0.3) is 0 Å². The highest BCUT2D eigenvalue weighted by Gasteiger charge is 2.38. The van der Waals surface area contributed by atoms with Gasteiger partial charge < -0.3 is 20.5 Å². The van der Waals surface area contributed by atoms with E-state index in [0.29, 0.717) is 56.7 Å². The van der Waals surface area contributed by atoms with Crippen molar-refractivity contribution in [3.63, 3.8) is 0 Å². The molecular formula is C14H22Cl3N3O3. The number of hydrogen-bond donors (Lipinski definition) is 2. The zero-order valence-electron chi connectivity index (χ0n) is 12.6. The van der Waals surface area contributed by atoms with Crippen molar-refractivity contribution in [1.29, 1.82) is 0 Å². The smallest absolute Gasteiger partial charge is 0.232 e. The van der Waals surface area contributed by atoms with Gasteiger partial charge in [-0.1, -0.05) is 11.6 Å². The Hall–Kier alpha value is -0.790. The molecule has 6 nitrogen and oxygen atoms in total. The SMILES string of the molecule is Cl.Cl.NCC1(C(=O)NCCOc2ncccc2Cl)CCOCC1. The summed E-state index contributed by atoms with van der Waals surface area (Å²) < 4.78 is 10.7. The average Bonchev–Trinajstić information content (AvgIpc) is 2.53. The second-order valence-electron chi connectivity index (χ2n) is 4.99. The number of carbonyl (C=O) groups excluding carboxylic acids is 1. The first-order valence-corrected chi connectivity index (χ1v) is 7.35. The summed E-state index contributed by atoms with van der Waals surface area (Å²) in [7, 11) is 0. The van der Waals surface area contributed by atoms with Crippen LogP contribution < -0.4 is 15.8 Å². The van der Waals surface area contributed by atoms with Crippen molar-refractivity contribution in [3.05, 3.63) is 23.4 Å². The van der Waals surface area contributed by atoms with Crippen molar-refractivity contribution in [2.75, 3.05) is 32.9 Å². The number of amides is 1. The van der Waals surface area contributed by atoms with E-state index in [1.165, 1.54) is 0 Å². The van der Waals surface area contributed by atoms with Gasteiger partial charge in [0.1, 0.15) is 11.6 Å². The van der Waals surface area contributed by atoms with E-state index in [1.807, 2.05) is 0 Å². The number of pyridine rings is 1. The first-order chi connectivity index (χ1) is 10.2. The zero-order valence-corrected chi connectivity index (χ0v) is 15.0. The predicted molar refractivity (Wildman–Crippen MR) is 93.8 cm³/mol. The van der Waals surface area contributed by atoms with Gasteiger partial charge in [-0.3, -0.25) is 4.79 Å². The quantitative estimate of drug-likeness (QED) is 0.728. The Balaban J connectivity index is 0.00000242. The molecule has 0 saturated carbocycles. The van der Waals surface area contributed by atoms with Crippen LogP contribution in [-0.2, 0) is 9.53 Å². The number of rotatable bonds is 6. The van der Waals surface area contributed by atoms with Gasteiger partial charge in [-0.15, -0.1) is 24.8 Å². The molecule has 1 saturated heterocycles. The van der Waals surface area contributed by atoms with E-state index in [-0.39, 0.29) is 30.7 Å². The number of ether oxygens (including phenoxy) is 2. The number of carbonyl (C=O) groups is 1. The summed E-state index contributed by atoms with van der Waals surface area (Å²) in [5, 5.41) is 3.31. The summed E-state index contributed by atoms with van der Waals surface area (Å²) in [6.07, 6.45) is 2.91. The molecule has 9 heteroatoms. The summed E-state index contributed by atoms with van der Waals surface area (Å²) in [6, 6.07) is 3.43. The highest BCUT2D eigenvalue weighted by molar-refractivity contribution is 6.31. The average molecular weight is 387 g/mol. The molecule has 0 bridgehead atoms. The standard InChI is InChI=1S/C14H20ClN3O3.2ClH/c15-11-2-1-5-17-12(11)21-9-6-18-13(19)14(10-16)3-7-20-8-4-14;;/h1-2,5H,3-4,6-10,16H2,(H,18,19);2*1H. The van der Waals surface area contributed by atoms with Crippen LogP contribution in [0.15, 0.2) is 18.3 Å². The summed E-state index contributed by atoms with van der Waals surface area (Å²) in [5.74, 6) is 0.331. The fourth-order valence-electron chi connectivity index (χ4n) is 2.26. The van der Waals surface area contributed by atoms with Crippen LogP contribution in [0.4, 0.5) is 0 Å². The van der Waals surface area contributed by atoms with Gasteiger partial charge in [0.2, 0.25) is 11.8 Å². The molecule has 23 heavy (non-hydrogen) atoms. The van der Waals surface area contributed by atoms with E-state index in [9.17, 15) is 4.79 Å². The fourth-order valence-corrected chi connectivity index (χ4v) is 2.44. The molecule has 1 aromatic rings. The lowest BCUT2D eigenvalue weighted by molar-refractivity contribution is -0.136. The Morgan fingerprint density at radius 2 is 2.13 bits per heavy atom. The maximum atomic E-state index is 12.3. The Morgan fingerprint density at radius 1 is 1.43 bits per heavy atom. The van der Waals surface area contributed by atoms with Crippen molar-refractivity contribution in [1.82, 2.24) is 10.3 Å². The van der Waals surface area contributed by atoms with Crippen LogP contribution in [0, 0.1) is 5.41 Å². The molecule has 0 aromatic carbocycles. The molecule has 0 aliphatic carbocycles. The lowest BCUT2D eigenvalue weighted by Gasteiger charge is -2.34. The third-order valence-corrected chi connectivity index (χ3v) is 3.96. The monoisotopic (exact) mass is 385 g/mol.